The number of nitrogens with zero attached hydrogens (tertiary/aromatic N) is 3. The van der Waals surface area contributed by atoms with Crippen molar-refractivity contribution in [2.75, 3.05) is 46.6 Å². The summed E-state index contributed by atoms with van der Waals surface area (Å²) >= 11 is 0. The Morgan fingerprint density at radius 1 is 0.854 bits per heavy atom. The van der Waals surface area contributed by atoms with Gasteiger partial charge in [0.05, 0.1) is 11.1 Å². The van der Waals surface area contributed by atoms with Gasteiger partial charge in [-0.05, 0) is 61.7 Å². The zero-order valence-electron chi connectivity index (χ0n) is 22.7. The van der Waals surface area contributed by atoms with Gasteiger partial charge in [0.1, 0.15) is 6.04 Å². The zero-order valence-corrected chi connectivity index (χ0v) is 24.4. The van der Waals surface area contributed by atoms with E-state index >= 15 is 0 Å². The number of likely N-dealkylation sites (N-methyl/N-ethyl adjacent to an activating group) is 1. The molecule has 2 heterocycles. The summed E-state index contributed by atoms with van der Waals surface area (Å²) in [6.07, 6.45) is -10.0. The fourth-order valence-corrected chi connectivity index (χ4v) is 4.88. The summed E-state index contributed by atoms with van der Waals surface area (Å²) in [6, 6.07) is 6.41. The smallest absolute Gasteiger partial charge is 0.416 e. The summed E-state index contributed by atoms with van der Waals surface area (Å²) < 4.78 is 90.5. The number of hydrogen-bond donors (Lipinski definition) is 0. The van der Waals surface area contributed by atoms with Gasteiger partial charge in [0, 0.05) is 45.8 Å². The third-order valence-corrected chi connectivity index (χ3v) is 7.15. The van der Waals surface area contributed by atoms with Crippen molar-refractivity contribution in [3.05, 3.63) is 58.7 Å². The molecule has 0 spiro atoms. The quantitative estimate of drug-likeness (QED) is 0.348. The first-order chi connectivity index (χ1) is 18.2. The molecule has 0 radical (unpaired) electrons. The predicted octanol–water partition coefficient (Wildman–Crippen LogP) is 6.06. The maximum absolute atomic E-state index is 13.8. The lowest BCUT2D eigenvalue weighted by Crippen LogP contribution is -2.52. The molecule has 0 saturated carbocycles. The second-order valence-corrected chi connectivity index (χ2v) is 10.1. The number of carbonyl (C=O) groups is 1. The van der Waals surface area contributed by atoms with E-state index in [1.165, 1.54) is 11.9 Å². The number of benzene rings is 2. The Morgan fingerprint density at radius 2 is 1.39 bits per heavy atom. The molecule has 1 amide bonds. The normalized spacial score (nSPS) is 16.6. The van der Waals surface area contributed by atoms with E-state index in [9.17, 15) is 31.1 Å². The van der Waals surface area contributed by atoms with Gasteiger partial charge in [-0.2, -0.15) is 26.3 Å². The Morgan fingerprint density at radius 3 is 1.93 bits per heavy atom. The van der Waals surface area contributed by atoms with Gasteiger partial charge in [-0.1, -0.05) is 6.07 Å². The number of rotatable bonds is 7. The summed E-state index contributed by atoms with van der Waals surface area (Å²) in [5.41, 5.74) is -2.22. The molecule has 1 fully saturated rings. The van der Waals surface area contributed by atoms with Crippen LogP contribution in [0.25, 0.3) is 0 Å². The van der Waals surface area contributed by atoms with Gasteiger partial charge in [-0.3, -0.25) is 14.6 Å². The second-order valence-electron chi connectivity index (χ2n) is 10.1. The van der Waals surface area contributed by atoms with E-state index in [0.717, 1.165) is 13.1 Å². The lowest BCUT2D eigenvalue weighted by molar-refractivity contribution is -0.143. The molecule has 6 nitrogen and oxygen atoms in total. The molecular weight excluding hydrogens is 599 g/mol. The van der Waals surface area contributed by atoms with Crippen LogP contribution in [-0.2, 0) is 23.6 Å². The van der Waals surface area contributed by atoms with Crippen LogP contribution in [-0.4, -0.2) is 73.2 Å². The molecule has 0 aromatic heterocycles. The van der Waals surface area contributed by atoms with E-state index in [1.807, 2.05) is 4.90 Å². The second kappa shape index (κ2) is 13.7. The Kier molecular flexibility index (Phi) is 11.6. The van der Waals surface area contributed by atoms with Crippen molar-refractivity contribution in [1.82, 2.24) is 14.7 Å². The Hall–Kier alpha value is -2.41. The molecule has 41 heavy (non-hydrogen) atoms. The van der Waals surface area contributed by atoms with Crippen LogP contribution in [0.4, 0.5) is 26.3 Å². The standard InChI is InChI=1S/C27H31F6N3O3.2ClH/c1-17(2)35-8-10-36(11-9-35)24(19-4-5-22-23(14-19)39-16-38-22)25(37)34(3)7-6-18-12-20(26(28,29)30)15-21(13-18)27(31,32)33;;/h4-5,12-15,17,24H,6-11,16H2,1-3H3;2*1H. The van der Waals surface area contributed by atoms with Crippen LogP contribution in [0.1, 0.15) is 42.1 Å². The summed E-state index contributed by atoms with van der Waals surface area (Å²) in [6.45, 7) is 6.93. The number of alkyl halides is 6. The number of ether oxygens (including phenoxy) is 2. The highest BCUT2D eigenvalue weighted by Crippen LogP contribution is 2.38. The van der Waals surface area contributed by atoms with Crippen LogP contribution < -0.4 is 9.47 Å². The van der Waals surface area contributed by atoms with Gasteiger partial charge < -0.3 is 14.4 Å². The fraction of sp³-hybridized carbons (Fsp3) is 0.519. The Labute approximate surface area is 247 Å². The van der Waals surface area contributed by atoms with Crippen molar-refractivity contribution < 1.29 is 40.6 Å². The molecule has 0 N–H and O–H groups in total. The van der Waals surface area contributed by atoms with E-state index < -0.39 is 29.5 Å². The van der Waals surface area contributed by atoms with Crippen LogP contribution in [0.3, 0.4) is 0 Å². The highest BCUT2D eigenvalue weighted by molar-refractivity contribution is 5.85. The number of hydrogen-bond acceptors (Lipinski definition) is 5. The molecule has 0 bridgehead atoms. The van der Waals surface area contributed by atoms with E-state index in [0.29, 0.717) is 48.3 Å². The summed E-state index contributed by atoms with van der Waals surface area (Å²) in [5.74, 6) is 0.764. The minimum atomic E-state index is -4.93. The molecule has 230 valence electrons. The van der Waals surface area contributed by atoms with Gasteiger partial charge >= 0.3 is 12.4 Å². The van der Waals surface area contributed by atoms with E-state index in [1.54, 1.807) is 18.2 Å². The highest BCUT2D eigenvalue weighted by atomic mass is 35.5. The van der Waals surface area contributed by atoms with Gasteiger partial charge in [0.25, 0.3) is 0 Å². The zero-order chi connectivity index (χ0) is 28.5. The number of fused-ring (bicyclic) bond motifs is 1. The maximum atomic E-state index is 13.8. The number of amides is 1. The average molecular weight is 632 g/mol. The third-order valence-electron chi connectivity index (χ3n) is 7.15. The molecule has 2 aromatic rings. The third kappa shape index (κ3) is 8.33. The predicted molar refractivity (Wildman–Crippen MR) is 146 cm³/mol. The fourth-order valence-electron chi connectivity index (χ4n) is 4.88. The van der Waals surface area contributed by atoms with Crippen LogP contribution >= 0.6 is 24.8 Å². The maximum Gasteiger partial charge on any atom is 0.416 e. The van der Waals surface area contributed by atoms with Crippen LogP contribution in [0.15, 0.2) is 36.4 Å². The molecule has 1 atom stereocenters. The Balaban J connectivity index is 0.00000294. The van der Waals surface area contributed by atoms with E-state index in [4.69, 9.17) is 9.47 Å². The van der Waals surface area contributed by atoms with E-state index in [2.05, 4.69) is 18.7 Å². The van der Waals surface area contributed by atoms with Crippen molar-refractivity contribution in [2.45, 2.75) is 44.7 Å². The lowest BCUT2D eigenvalue weighted by atomic mass is 10.0. The topological polar surface area (TPSA) is 45.2 Å². The molecular formula is C27H33Cl2F6N3O3. The highest BCUT2D eigenvalue weighted by Gasteiger charge is 2.37. The SMILES string of the molecule is CC(C)N1CCN(C(C(=O)N(C)CCc2cc(C(F)(F)F)cc(C(F)(F)F)c2)c2ccc3c(c2)OCO3)CC1.Cl.Cl. The first-order valence-electron chi connectivity index (χ1n) is 12.6. The summed E-state index contributed by atoms with van der Waals surface area (Å²) in [5, 5.41) is 0. The van der Waals surface area contributed by atoms with Crippen molar-refractivity contribution >= 4 is 30.7 Å². The lowest BCUT2D eigenvalue weighted by Gasteiger charge is -2.41. The summed E-state index contributed by atoms with van der Waals surface area (Å²) in [4.78, 5) is 19.5. The van der Waals surface area contributed by atoms with Crippen LogP contribution in [0, 0.1) is 0 Å². The molecule has 2 aromatic carbocycles. The van der Waals surface area contributed by atoms with Gasteiger partial charge in [-0.15, -0.1) is 24.8 Å². The minimum absolute atomic E-state index is 0. The molecule has 4 rings (SSSR count). The monoisotopic (exact) mass is 631 g/mol. The van der Waals surface area contributed by atoms with Crippen molar-refractivity contribution in [1.29, 1.82) is 0 Å². The van der Waals surface area contributed by atoms with Gasteiger partial charge in [0.15, 0.2) is 11.5 Å². The first kappa shape index (κ1) is 34.8. The molecule has 1 saturated heterocycles. The van der Waals surface area contributed by atoms with Gasteiger partial charge in [-0.25, -0.2) is 0 Å². The van der Waals surface area contributed by atoms with Crippen LogP contribution in [0.5, 0.6) is 11.5 Å². The van der Waals surface area contributed by atoms with Crippen LogP contribution in [0.2, 0.25) is 0 Å². The molecule has 1 unspecified atom stereocenters. The van der Waals surface area contributed by atoms with Gasteiger partial charge in [0.2, 0.25) is 12.7 Å². The molecule has 2 aliphatic rings. The van der Waals surface area contributed by atoms with Crippen molar-refractivity contribution in [3.8, 4) is 11.5 Å². The molecule has 2 aliphatic heterocycles. The molecule has 14 heteroatoms. The first-order valence-corrected chi connectivity index (χ1v) is 12.6. The largest absolute Gasteiger partial charge is 0.454 e. The summed E-state index contributed by atoms with van der Waals surface area (Å²) in [7, 11) is 1.50. The number of piperazine rings is 1. The molecule has 0 aliphatic carbocycles. The number of carbonyl (C=O) groups excluding carboxylic acids is 1. The average Bonchev–Trinajstić information content (AvgIpc) is 3.34. The van der Waals surface area contributed by atoms with Crippen molar-refractivity contribution in [2.24, 2.45) is 0 Å². The number of halogens is 8. The van der Waals surface area contributed by atoms with Crippen molar-refractivity contribution in [3.63, 3.8) is 0 Å². The van der Waals surface area contributed by atoms with E-state index in [-0.39, 0.29) is 62.1 Å². The minimum Gasteiger partial charge on any atom is -0.454 e. The Bertz CT molecular complexity index is 1160.